The average molecular weight is 237 g/mol. The van der Waals surface area contributed by atoms with Gasteiger partial charge in [0.05, 0.1) is 0 Å². The van der Waals surface area contributed by atoms with Crippen LogP contribution in [0.2, 0.25) is 0 Å². The maximum atomic E-state index is 13.7. The minimum Gasteiger partial charge on any atom is -0.310 e. The Morgan fingerprint density at radius 2 is 2.06 bits per heavy atom. The molecule has 0 amide bonds. The number of benzene rings is 1. The van der Waals surface area contributed by atoms with E-state index in [1.165, 1.54) is 0 Å². The third-order valence-electron chi connectivity index (χ3n) is 2.68. The van der Waals surface area contributed by atoms with Gasteiger partial charge in [-0.2, -0.15) is 0 Å². The van der Waals surface area contributed by atoms with Gasteiger partial charge in [-0.3, -0.25) is 0 Å². The Morgan fingerprint density at radius 1 is 1.35 bits per heavy atom. The molecule has 1 atom stereocenters. The molecule has 0 spiro atoms. The lowest BCUT2D eigenvalue weighted by atomic mass is 9.99. The molecule has 1 N–H and O–H groups in total. The highest BCUT2D eigenvalue weighted by atomic mass is 19.1. The summed E-state index contributed by atoms with van der Waals surface area (Å²) < 4.78 is 26.9. The van der Waals surface area contributed by atoms with Crippen molar-refractivity contribution in [2.24, 2.45) is 0 Å². The molecule has 0 aliphatic heterocycles. The molecule has 0 radical (unpaired) electrons. The molecule has 3 heteroatoms. The number of hydrogen-bond acceptors (Lipinski definition) is 1. The lowest BCUT2D eigenvalue weighted by molar-refractivity contribution is 0.483. The van der Waals surface area contributed by atoms with Gasteiger partial charge in [0, 0.05) is 24.1 Å². The summed E-state index contributed by atoms with van der Waals surface area (Å²) in [6.07, 6.45) is 6.42. The maximum Gasteiger partial charge on any atom is 0.130 e. The Kier molecular flexibility index (Phi) is 5.11. The van der Waals surface area contributed by atoms with Crippen molar-refractivity contribution < 1.29 is 8.78 Å². The minimum absolute atomic E-state index is 0.157. The molecule has 92 valence electrons. The smallest absolute Gasteiger partial charge is 0.130 e. The second-order valence-electron chi connectivity index (χ2n) is 3.98. The fraction of sp³-hybridized carbons (Fsp3) is 0.429. The van der Waals surface area contributed by atoms with E-state index in [0.717, 1.165) is 6.07 Å². The summed E-state index contributed by atoms with van der Waals surface area (Å²) in [6.45, 7) is 4.28. The van der Waals surface area contributed by atoms with Crippen molar-refractivity contribution in [3.63, 3.8) is 0 Å². The van der Waals surface area contributed by atoms with Crippen LogP contribution in [0.5, 0.6) is 0 Å². The molecule has 1 nitrogen and oxygen atoms in total. The first kappa shape index (κ1) is 13.7. The molecule has 0 bridgehead atoms. The minimum atomic E-state index is -0.518. The molecule has 17 heavy (non-hydrogen) atoms. The number of terminal acetylenes is 1. The van der Waals surface area contributed by atoms with Crippen molar-refractivity contribution in [2.75, 3.05) is 6.54 Å². The van der Waals surface area contributed by atoms with Crippen molar-refractivity contribution in [1.82, 2.24) is 5.32 Å². The summed E-state index contributed by atoms with van der Waals surface area (Å²) in [5.74, 6) is 1.50. The van der Waals surface area contributed by atoms with Crippen molar-refractivity contribution in [2.45, 2.75) is 32.7 Å². The van der Waals surface area contributed by atoms with Gasteiger partial charge in [0.2, 0.25) is 0 Å². The Balaban J connectivity index is 3.01. The molecule has 0 aromatic heterocycles. The molecule has 1 unspecified atom stereocenters. The Bertz CT molecular complexity index is 421. The molecule has 0 aliphatic carbocycles. The number of rotatable bonds is 5. The molecule has 1 aromatic carbocycles. The van der Waals surface area contributed by atoms with E-state index in [-0.39, 0.29) is 6.04 Å². The lowest BCUT2D eigenvalue weighted by Gasteiger charge is -2.18. The van der Waals surface area contributed by atoms with Gasteiger partial charge in [0.25, 0.3) is 0 Å². The fourth-order valence-electron chi connectivity index (χ4n) is 1.79. The van der Waals surface area contributed by atoms with Crippen LogP contribution in [0.3, 0.4) is 0 Å². The third-order valence-corrected chi connectivity index (χ3v) is 2.68. The lowest BCUT2D eigenvalue weighted by Crippen LogP contribution is -2.22. The van der Waals surface area contributed by atoms with Crippen molar-refractivity contribution in [1.29, 1.82) is 0 Å². The Hall–Kier alpha value is -1.40. The predicted octanol–water partition coefficient (Wildman–Crippen LogP) is 3.34. The summed E-state index contributed by atoms with van der Waals surface area (Å²) in [7, 11) is 0. The third kappa shape index (κ3) is 3.54. The van der Waals surface area contributed by atoms with Crippen LogP contribution in [-0.2, 0) is 0 Å². The molecule has 1 aromatic rings. The summed E-state index contributed by atoms with van der Waals surface area (Å²) in [6, 6.07) is 2.33. The van der Waals surface area contributed by atoms with Crippen LogP contribution in [0, 0.1) is 30.9 Å². The Morgan fingerprint density at radius 3 is 2.65 bits per heavy atom. The number of aryl methyl sites for hydroxylation is 1. The highest BCUT2D eigenvalue weighted by Crippen LogP contribution is 2.24. The molecular formula is C14H17F2N. The van der Waals surface area contributed by atoms with Crippen LogP contribution in [0.1, 0.15) is 36.9 Å². The van der Waals surface area contributed by atoms with Gasteiger partial charge in [-0.1, -0.05) is 6.92 Å². The first-order chi connectivity index (χ1) is 8.10. The quantitative estimate of drug-likeness (QED) is 0.774. The number of nitrogens with one attached hydrogen (secondary N) is 1. The first-order valence-electron chi connectivity index (χ1n) is 5.72. The summed E-state index contributed by atoms with van der Waals surface area (Å²) in [5, 5.41) is 3.16. The van der Waals surface area contributed by atoms with Crippen LogP contribution < -0.4 is 5.32 Å². The molecule has 1 rings (SSSR count). The molecule has 0 aliphatic rings. The van der Waals surface area contributed by atoms with Crippen LogP contribution in [0.15, 0.2) is 12.1 Å². The number of hydrogen-bond donors (Lipinski definition) is 1. The second kappa shape index (κ2) is 6.36. The van der Waals surface area contributed by atoms with E-state index < -0.39 is 11.6 Å². The SMILES string of the molecule is C#CCCC(NCC)c1cc(C)c(F)cc1F. The second-order valence-corrected chi connectivity index (χ2v) is 3.98. The van der Waals surface area contributed by atoms with E-state index in [0.29, 0.717) is 30.5 Å². The van der Waals surface area contributed by atoms with E-state index >= 15 is 0 Å². The van der Waals surface area contributed by atoms with Gasteiger partial charge >= 0.3 is 0 Å². The van der Waals surface area contributed by atoms with Gasteiger partial charge in [-0.15, -0.1) is 12.3 Å². The average Bonchev–Trinajstić information content (AvgIpc) is 2.29. The summed E-state index contributed by atoms with van der Waals surface area (Å²) in [4.78, 5) is 0. The maximum absolute atomic E-state index is 13.7. The van der Waals surface area contributed by atoms with Gasteiger partial charge in [0.1, 0.15) is 11.6 Å². The highest BCUT2D eigenvalue weighted by molar-refractivity contribution is 5.28. The number of halogens is 2. The zero-order valence-corrected chi connectivity index (χ0v) is 10.2. The van der Waals surface area contributed by atoms with E-state index in [4.69, 9.17) is 6.42 Å². The van der Waals surface area contributed by atoms with Crippen molar-refractivity contribution in [3.8, 4) is 12.3 Å². The van der Waals surface area contributed by atoms with Crippen molar-refractivity contribution >= 4 is 0 Å². The topological polar surface area (TPSA) is 12.0 Å². The highest BCUT2D eigenvalue weighted by Gasteiger charge is 2.16. The van der Waals surface area contributed by atoms with E-state index in [1.54, 1.807) is 13.0 Å². The molecule has 0 saturated heterocycles. The molecular weight excluding hydrogens is 220 g/mol. The Labute approximate surface area is 101 Å². The standard InChI is InChI=1S/C14H17F2N/c1-4-6-7-14(17-5-2)11-8-10(3)12(15)9-13(11)16/h1,8-9,14,17H,5-7H2,2-3H3. The molecule has 0 heterocycles. The summed E-state index contributed by atoms with van der Waals surface area (Å²) in [5.41, 5.74) is 0.936. The van der Waals surface area contributed by atoms with Crippen LogP contribution in [0.4, 0.5) is 8.78 Å². The molecule has 0 fully saturated rings. The zero-order chi connectivity index (χ0) is 12.8. The zero-order valence-electron chi connectivity index (χ0n) is 10.2. The van der Waals surface area contributed by atoms with Gasteiger partial charge in [0.15, 0.2) is 0 Å². The predicted molar refractivity (Wildman–Crippen MR) is 65.6 cm³/mol. The fourth-order valence-corrected chi connectivity index (χ4v) is 1.79. The monoisotopic (exact) mass is 237 g/mol. The molecule has 0 saturated carbocycles. The van der Waals surface area contributed by atoms with E-state index in [2.05, 4.69) is 11.2 Å². The first-order valence-corrected chi connectivity index (χ1v) is 5.72. The van der Waals surface area contributed by atoms with Crippen LogP contribution in [-0.4, -0.2) is 6.54 Å². The van der Waals surface area contributed by atoms with E-state index in [9.17, 15) is 8.78 Å². The van der Waals surface area contributed by atoms with Crippen LogP contribution in [0.25, 0.3) is 0 Å². The normalized spacial score (nSPS) is 12.2. The largest absolute Gasteiger partial charge is 0.310 e. The van der Waals surface area contributed by atoms with Gasteiger partial charge in [-0.05, 0) is 31.5 Å². The van der Waals surface area contributed by atoms with Crippen LogP contribution >= 0.6 is 0 Å². The van der Waals surface area contributed by atoms with Crippen molar-refractivity contribution in [3.05, 3.63) is 34.9 Å². The van der Waals surface area contributed by atoms with E-state index in [1.807, 2.05) is 6.92 Å². The summed E-state index contributed by atoms with van der Waals surface area (Å²) >= 11 is 0. The van der Waals surface area contributed by atoms with Gasteiger partial charge < -0.3 is 5.32 Å². The van der Waals surface area contributed by atoms with Gasteiger partial charge in [-0.25, -0.2) is 8.78 Å².